The maximum absolute atomic E-state index is 12.7. The molecule has 1 saturated heterocycles. The van der Waals surface area contributed by atoms with Crippen molar-refractivity contribution in [3.05, 3.63) is 10.8 Å². The van der Waals surface area contributed by atoms with Crippen LogP contribution in [0.5, 0.6) is 0 Å². The molecule has 0 saturated carbocycles. The third-order valence-corrected chi connectivity index (χ3v) is 4.28. The molecule has 3 rings (SSSR count). The summed E-state index contributed by atoms with van der Waals surface area (Å²) in [5.74, 6) is -0.708. The van der Waals surface area contributed by atoms with Gasteiger partial charge in [-0.25, -0.2) is 0 Å². The van der Waals surface area contributed by atoms with Gasteiger partial charge in [-0.3, -0.25) is 0 Å². The summed E-state index contributed by atoms with van der Waals surface area (Å²) in [6, 6.07) is 0.00142. The zero-order valence-corrected chi connectivity index (χ0v) is 10.9. The van der Waals surface area contributed by atoms with E-state index in [1.54, 1.807) is 0 Å². The van der Waals surface area contributed by atoms with Crippen molar-refractivity contribution < 1.29 is 13.2 Å². The number of piperidine rings is 1. The molecule has 1 fully saturated rings. The van der Waals surface area contributed by atoms with Gasteiger partial charge in [0.15, 0.2) is 0 Å². The highest BCUT2D eigenvalue weighted by molar-refractivity contribution is 7.16. The molecule has 5 nitrogen and oxygen atoms in total. The second-order valence-corrected chi connectivity index (χ2v) is 5.69. The van der Waals surface area contributed by atoms with E-state index in [2.05, 4.69) is 27.5 Å². The summed E-state index contributed by atoms with van der Waals surface area (Å²) in [4.78, 5) is 0.182. The van der Waals surface area contributed by atoms with Crippen molar-refractivity contribution in [2.24, 2.45) is 5.92 Å². The maximum atomic E-state index is 12.7. The third kappa shape index (κ3) is 2.20. The van der Waals surface area contributed by atoms with Crippen molar-refractivity contribution in [3.63, 3.8) is 0 Å². The van der Waals surface area contributed by atoms with Crippen LogP contribution in [0.25, 0.3) is 4.96 Å². The van der Waals surface area contributed by atoms with Crippen LogP contribution in [0.3, 0.4) is 0 Å². The first-order valence-electron chi connectivity index (χ1n) is 5.99. The number of hydrogen-bond acceptors (Lipinski definition) is 5. The molecule has 1 aliphatic heterocycles. The summed E-state index contributed by atoms with van der Waals surface area (Å²) in [6.45, 7) is 2.94. The highest BCUT2D eigenvalue weighted by Gasteiger charge is 2.39. The van der Waals surface area contributed by atoms with Crippen molar-refractivity contribution in [2.75, 3.05) is 6.54 Å². The van der Waals surface area contributed by atoms with Gasteiger partial charge in [-0.05, 0) is 25.3 Å². The molecule has 2 aromatic heterocycles. The van der Waals surface area contributed by atoms with Crippen LogP contribution in [0, 0.1) is 5.92 Å². The number of fused-ring (bicyclic) bond motifs is 1. The van der Waals surface area contributed by atoms with E-state index in [1.165, 1.54) is 0 Å². The van der Waals surface area contributed by atoms with Crippen LogP contribution in [0.15, 0.2) is 0 Å². The van der Waals surface area contributed by atoms with E-state index in [9.17, 15) is 13.2 Å². The van der Waals surface area contributed by atoms with Crippen molar-refractivity contribution in [1.82, 2.24) is 25.1 Å². The highest BCUT2D eigenvalue weighted by Crippen LogP contribution is 2.33. The zero-order valence-electron chi connectivity index (χ0n) is 10.1. The molecular formula is C10H12F3N5S. The van der Waals surface area contributed by atoms with Crippen molar-refractivity contribution in [2.45, 2.75) is 32.0 Å². The monoisotopic (exact) mass is 291 g/mol. The van der Waals surface area contributed by atoms with Gasteiger partial charge in [-0.15, -0.1) is 10.2 Å². The lowest BCUT2D eigenvalue weighted by molar-refractivity contribution is -0.146. The molecule has 2 atom stereocenters. The van der Waals surface area contributed by atoms with Gasteiger partial charge < -0.3 is 5.32 Å². The zero-order chi connectivity index (χ0) is 13.6. The van der Waals surface area contributed by atoms with Crippen LogP contribution in [0.1, 0.15) is 36.6 Å². The Hall–Kier alpha value is -1.22. The highest BCUT2D eigenvalue weighted by atomic mass is 32.1. The quantitative estimate of drug-likeness (QED) is 0.875. The predicted octanol–water partition coefficient (Wildman–Crippen LogP) is 2.27. The summed E-state index contributed by atoms with van der Waals surface area (Å²) < 4.78 is 38.9. The van der Waals surface area contributed by atoms with Gasteiger partial charge in [-0.2, -0.15) is 22.8 Å². The molecule has 2 unspecified atom stereocenters. The van der Waals surface area contributed by atoms with E-state index >= 15 is 0 Å². The van der Waals surface area contributed by atoms with E-state index in [0.717, 1.165) is 35.2 Å². The fraction of sp³-hybridized carbons (Fsp3) is 0.700. The average molecular weight is 291 g/mol. The molecule has 0 spiro atoms. The van der Waals surface area contributed by atoms with Gasteiger partial charge in [0.25, 0.3) is 5.82 Å². The van der Waals surface area contributed by atoms with Crippen molar-refractivity contribution in [1.29, 1.82) is 0 Å². The summed E-state index contributed by atoms with van der Waals surface area (Å²) in [7, 11) is 0. The summed E-state index contributed by atoms with van der Waals surface area (Å²) in [6.07, 6.45) is -2.41. The van der Waals surface area contributed by atoms with Crippen molar-refractivity contribution in [3.8, 4) is 0 Å². The first-order chi connectivity index (χ1) is 8.97. The van der Waals surface area contributed by atoms with E-state index in [1.807, 2.05) is 0 Å². The van der Waals surface area contributed by atoms with E-state index in [0.29, 0.717) is 10.9 Å². The third-order valence-electron chi connectivity index (χ3n) is 3.30. The van der Waals surface area contributed by atoms with E-state index in [-0.39, 0.29) is 11.0 Å². The normalized spacial score (nSPS) is 25.1. The molecule has 2 aromatic rings. The Bertz CT molecular complexity index is 590. The summed E-state index contributed by atoms with van der Waals surface area (Å²) in [5.41, 5.74) is 0. The molecule has 1 aliphatic rings. The first kappa shape index (κ1) is 12.8. The number of nitrogens with zero attached hydrogens (tertiary/aromatic N) is 4. The molecule has 0 bridgehead atoms. The predicted molar refractivity (Wildman–Crippen MR) is 62.8 cm³/mol. The van der Waals surface area contributed by atoms with E-state index in [4.69, 9.17) is 0 Å². The molecule has 19 heavy (non-hydrogen) atoms. The van der Waals surface area contributed by atoms with Crippen LogP contribution in [0.2, 0.25) is 0 Å². The van der Waals surface area contributed by atoms with Crippen LogP contribution in [-0.4, -0.2) is 26.4 Å². The molecule has 0 aliphatic carbocycles. The molecule has 3 heterocycles. The van der Waals surface area contributed by atoms with Gasteiger partial charge in [0.05, 0.1) is 6.04 Å². The number of hydrogen-bond donors (Lipinski definition) is 1. The molecule has 1 N–H and O–H groups in total. The van der Waals surface area contributed by atoms with E-state index < -0.39 is 12.0 Å². The number of alkyl halides is 3. The van der Waals surface area contributed by atoms with Gasteiger partial charge >= 0.3 is 6.18 Å². The second kappa shape index (κ2) is 4.41. The van der Waals surface area contributed by atoms with Gasteiger partial charge in [0.1, 0.15) is 5.01 Å². The number of aromatic nitrogens is 4. The minimum absolute atomic E-state index is 0.00142. The van der Waals surface area contributed by atoms with Crippen LogP contribution in [0.4, 0.5) is 13.2 Å². The average Bonchev–Trinajstić information content (AvgIpc) is 2.86. The molecule has 0 radical (unpaired) electrons. The Kier molecular flexibility index (Phi) is 2.97. The minimum Gasteiger partial charge on any atom is -0.308 e. The Morgan fingerprint density at radius 1 is 1.37 bits per heavy atom. The van der Waals surface area contributed by atoms with Crippen molar-refractivity contribution >= 4 is 16.3 Å². The van der Waals surface area contributed by atoms with Crippen LogP contribution < -0.4 is 5.32 Å². The Labute approximate surface area is 110 Å². The lowest BCUT2D eigenvalue weighted by atomic mass is 9.93. The Morgan fingerprint density at radius 3 is 2.84 bits per heavy atom. The standard InChI is InChI=1S/C10H12F3N5S/c1-5-3-2-4-14-6(5)7-17-18-8(10(11,12)13)15-16-9(18)19-7/h5-6,14H,2-4H2,1H3. The minimum atomic E-state index is -4.53. The fourth-order valence-electron chi connectivity index (χ4n) is 2.31. The number of rotatable bonds is 1. The largest absolute Gasteiger partial charge is 0.453 e. The topological polar surface area (TPSA) is 55.1 Å². The lowest BCUT2D eigenvalue weighted by Crippen LogP contribution is -2.32. The molecular weight excluding hydrogens is 279 g/mol. The van der Waals surface area contributed by atoms with Crippen LogP contribution in [-0.2, 0) is 6.18 Å². The molecule has 0 amide bonds. The molecule has 9 heteroatoms. The van der Waals surface area contributed by atoms with Gasteiger partial charge in [-0.1, -0.05) is 18.3 Å². The summed E-state index contributed by atoms with van der Waals surface area (Å²) >= 11 is 1.16. The smallest absolute Gasteiger partial charge is 0.308 e. The maximum Gasteiger partial charge on any atom is 0.453 e. The Morgan fingerprint density at radius 2 is 2.16 bits per heavy atom. The van der Waals surface area contributed by atoms with Gasteiger partial charge in [0.2, 0.25) is 4.96 Å². The molecule has 104 valence electrons. The van der Waals surface area contributed by atoms with Gasteiger partial charge in [0, 0.05) is 0 Å². The first-order valence-corrected chi connectivity index (χ1v) is 6.81. The lowest BCUT2D eigenvalue weighted by Gasteiger charge is -2.27. The van der Waals surface area contributed by atoms with Crippen LogP contribution >= 0.6 is 11.3 Å². The number of halogens is 3. The Balaban J connectivity index is 2.00. The fourth-order valence-corrected chi connectivity index (χ4v) is 3.36. The number of nitrogens with one attached hydrogen (secondary N) is 1. The SMILES string of the molecule is CC1CCCNC1c1nn2c(C(F)(F)F)nnc2s1. The second-order valence-electron chi connectivity index (χ2n) is 4.71. The molecule has 0 aromatic carbocycles. The summed E-state index contributed by atoms with van der Waals surface area (Å²) in [5, 5.41) is 14.7.